The highest BCUT2D eigenvalue weighted by atomic mass is 16.5. The van der Waals surface area contributed by atoms with Crippen molar-refractivity contribution in [2.75, 3.05) is 14.2 Å². The van der Waals surface area contributed by atoms with Crippen LogP contribution in [0.15, 0.2) is 36.5 Å². The lowest BCUT2D eigenvalue weighted by molar-refractivity contribution is 0.0615. The number of hydrogen-bond acceptors (Lipinski definition) is 5. The SMILES string of the molecule is COc1ccnc(C(=O)NC2CC(C)(C)Oc3cc(OC)ccc32)c1. The Labute approximate surface area is 147 Å². The van der Waals surface area contributed by atoms with E-state index in [-0.39, 0.29) is 11.9 Å². The zero-order valence-electron chi connectivity index (χ0n) is 14.8. The maximum atomic E-state index is 12.6. The van der Waals surface area contributed by atoms with Crippen molar-refractivity contribution in [3.8, 4) is 17.2 Å². The van der Waals surface area contributed by atoms with E-state index >= 15 is 0 Å². The van der Waals surface area contributed by atoms with Crippen molar-refractivity contribution in [3.63, 3.8) is 0 Å². The first-order valence-electron chi connectivity index (χ1n) is 8.10. The van der Waals surface area contributed by atoms with Gasteiger partial charge in [-0.1, -0.05) is 0 Å². The molecule has 1 aromatic carbocycles. The second-order valence-electron chi connectivity index (χ2n) is 6.58. The van der Waals surface area contributed by atoms with Gasteiger partial charge in [-0.2, -0.15) is 0 Å². The molecule has 0 saturated carbocycles. The molecular weight excluding hydrogens is 320 g/mol. The predicted molar refractivity (Wildman–Crippen MR) is 93.3 cm³/mol. The Morgan fingerprint density at radius 1 is 1.20 bits per heavy atom. The van der Waals surface area contributed by atoms with E-state index in [1.807, 2.05) is 32.0 Å². The molecule has 2 aromatic rings. The normalized spacial score (nSPS) is 17.8. The smallest absolute Gasteiger partial charge is 0.270 e. The largest absolute Gasteiger partial charge is 0.497 e. The van der Waals surface area contributed by atoms with Crippen LogP contribution in [0, 0.1) is 0 Å². The molecule has 0 saturated heterocycles. The van der Waals surface area contributed by atoms with Gasteiger partial charge in [-0.15, -0.1) is 0 Å². The maximum Gasteiger partial charge on any atom is 0.270 e. The fourth-order valence-electron chi connectivity index (χ4n) is 2.98. The molecule has 0 bridgehead atoms. The highest BCUT2D eigenvalue weighted by Crippen LogP contribution is 2.41. The number of carbonyl (C=O) groups is 1. The molecule has 1 aliphatic heterocycles. The Hall–Kier alpha value is -2.76. The fourth-order valence-corrected chi connectivity index (χ4v) is 2.98. The number of fused-ring (bicyclic) bond motifs is 1. The summed E-state index contributed by atoms with van der Waals surface area (Å²) in [6.45, 7) is 4.00. The number of ether oxygens (including phenoxy) is 3. The molecule has 2 heterocycles. The first kappa shape index (κ1) is 17.1. The molecule has 0 fully saturated rings. The predicted octanol–water partition coefficient (Wildman–Crippen LogP) is 3.13. The third-order valence-corrected chi connectivity index (χ3v) is 4.18. The number of aromatic nitrogens is 1. The Kier molecular flexibility index (Phi) is 4.53. The minimum atomic E-state index is -0.404. The van der Waals surface area contributed by atoms with Crippen molar-refractivity contribution in [3.05, 3.63) is 47.8 Å². The number of nitrogens with one attached hydrogen (secondary N) is 1. The number of rotatable bonds is 4. The number of hydrogen-bond donors (Lipinski definition) is 1. The van der Waals surface area contributed by atoms with Crippen LogP contribution in [-0.4, -0.2) is 30.7 Å². The van der Waals surface area contributed by atoms with Gasteiger partial charge in [0.15, 0.2) is 0 Å². The molecule has 1 aliphatic rings. The fraction of sp³-hybridized carbons (Fsp3) is 0.368. The van der Waals surface area contributed by atoms with Crippen LogP contribution in [0.3, 0.4) is 0 Å². The molecule has 1 unspecified atom stereocenters. The monoisotopic (exact) mass is 342 g/mol. The van der Waals surface area contributed by atoms with E-state index in [1.165, 1.54) is 0 Å². The van der Waals surface area contributed by atoms with Gasteiger partial charge < -0.3 is 19.5 Å². The van der Waals surface area contributed by atoms with Gasteiger partial charge in [0, 0.05) is 30.3 Å². The first-order chi connectivity index (χ1) is 11.9. The van der Waals surface area contributed by atoms with Crippen LogP contribution in [0.1, 0.15) is 42.4 Å². The van der Waals surface area contributed by atoms with Crippen LogP contribution in [0.4, 0.5) is 0 Å². The highest BCUT2D eigenvalue weighted by molar-refractivity contribution is 5.93. The van der Waals surface area contributed by atoms with Gasteiger partial charge in [-0.3, -0.25) is 9.78 Å². The highest BCUT2D eigenvalue weighted by Gasteiger charge is 2.35. The molecule has 25 heavy (non-hydrogen) atoms. The third kappa shape index (κ3) is 3.68. The Balaban J connectivity index is 1.88. The summed E-state index contributed by atoms with van der Waals surface area (Å²) in [7, 11) is 3.17. The molecule has 0 aliphatic carbocycles. The zero-order valence-corrected chi connectivity index (χ0v) is 14.8. The van der Waals surface area contributed by atoms with Crippen LogP contribution in [0.2, 0.25) is 0 Å². The molecular formula is C19H22N2O4. The van der Waals surface area contributed by atoms with Crippen LogP contribution < -0.4 is 19.5 Å². The van der Waals surface area contributed by atoms with Crippen molar-refractivity contribution in [2.45, 2.75) is 31.9 Å². The van der Waals surface area contributed by atoms with Crippen LogP contribution in [0.25, 0.3) is 0 Å². The summed E-state index contributed by atoms with van der Waals surface area (Å²) in [5.74, 6) is 1.79. The molecule has 1 atom stereocenters. The number of nitrogens with zero attached hydrogens (tertiary/aromatic N) is 1. The number of carbonyl (C=O) groups excluding carboxylic acids is 1. The molecule has 1 N–H and O–H groups in total. The molecule has 132 valence electrons. The second-order valence-corrected chi connectivity index (χ2v) is 6.58. The van der Waals surface area contributed by atoms with Gasteiger partial charge in [0.05, 0.1) is 20.3 Å². The van der Waals surface area contributed by atoms with Crippen LogP contribution >= 0.6 is 0 Å². The van der Waals surface area contributed by atoms with Gasteiger partial charge in [0.1, 0.15) is 28.5 Å². The lowest BCUT2D eigenvalue weighted by Gasteiger charge is -2.38. The molecule has 1 aromatic heterocycles. The van der Waals surface area contributed by atoms with Crippen LogP contribution in [-0.2, 0) is 0 Å². The standard InChI is InChI=1S/C19H22N2O4/c1-19(2)11-16(14-6-5-12(23-3)10-17(14)25-19)21-18(22)15-9-13(24-4)7-8-20-15/h5-10,16H,11H2,1-4H3,(H,21,22). The minimum Gasteiger partial charge on any atom is -0.497 e. The third-order valence-electron chi connectivity index (χ3n) is 4.18. The van der Waals surface area contributed by atoms with Crippen molar-refractivity contribution < 1.29 is 19.0 Å². The van der Waals surface area contributed by atoms with E-state index in [9.17, 15) is 4.79 Å². The number of benzene rings is 1. The van der Waals surface area contributed by atoms with Crippen molar-refractivity contribution in [2.24, 2.45) is 0 Å². The van der Waals surface area contributed by atoms with Crippen molar-refractivity contribution >= 4 is 5.91 Å². The van der Waals surface area contributed by atoms with E-state index in [0.29, 0.717) is 17.9 Å². The average molecular weight is 342 g/mol. The van der Waals surface area contributed by atoms with Gasteiger partial charge in [-0.25, -0.2) is 0 Å². The molecule has 6 nitrogen and oxygen atoms in total. The summed E-state index contributed by atoms with van der Waals surface area (Å²) in [4.78, 5) is 16.8. The van der Waals surface area contributed by atoms with Crippen molar-refractivity contribution in [1.82, 2.24) is 10.3 Å². The van der Waals surface area contributed by atoms with Gasteiger partial charge in [-0.05, 0) is 32.0 Å². The lowest BCUT2D eigenvalue weighted by atomic mass is 9.89. The van der Waals surface area contributed by atoms with Crippen molar-refractivity contribution in [1.29, 1.82) is 0 Å². The van der Waals surface area contributed by atoms with E-state index < -0.39 is 5.60 Å². The molecule has 3 rings (SSSR count). The Bertz CT molecular complexity index is 789. The van der Waals surface area contributed by atoms with Gasteiger partial charge in [0.25, 0.3) is 5.91 Å². The lowest BCUT2D eigenvalue weighted by Crippen LogP contribution is -2.41. The van der Waals surface area contributed by atoms with E-state index in [1.54, 1.807) is 32.5 Å². The number of methoxy groups -OCH3 is 2. The van der Waals surface area contributed by atoms with E-state index in [2.05, 4.69) is 10.3 Å². The Morgan fingerprint density at radius 3 is 2.64 bits per heavy atom. The quantitative estimate of drug-likeness (QED) is 0.924. The molecule has 6 heteroatoms. The number of pyridine rings is 1. The van der Waals surface area contributed by atoms with Gasteiger partial charge in [0.2, 0.25) is 0 Å². The zero-order chi connectivity index (χ0) is 18.0. The maximum absolute atomic E-state index is 12.6. The molecule has 1 amide bonds. The summed E-state index contributed by atoms with van der Waals surface area (Å²) >= 11 is 0. The average Bonchev–Trinajstić information content (AvgIpc) is 2.60. The first-order valence-corrected chi connectivity index (χ1v) is 8.10. The summed E-state index contributed by atoms with van der Waals surface area (Å²) in [5, 5.41) is 3.06. The van der Waals surface area contributed by atoms with Gasteiger partial charge >= 0.3 is 0 Å². The second kappa shape index (κ2) is 6.63. The Morgan fingerprint density at radius 2 is 1.92 bits per heavy atom. The number of amides is 1. The summed E-state index contributed by atoms with van der Waals surface area (Å²) in [6.07, 6.45) is 2.21. The topological polar surface area (TPSA) is 69.7 Å². The minimum absolute atomic E-state index is 0.176. The van der Waals surface area contributed by atoms with E-state index in [4.69, 9.17) is 14.2 Å². The van der Waals surface area contributed by atoms with E-state index in [0.717, 1.165) is 17.1 Å². The summed E-state index contributed by atoms with van der Waals surface area (Å²) in [6, 6.07) is 8.78. The van der Waals surface area contributed by atoms with Crippen LogP contribution in [0.5, 0.6) is 17.2 Å². The molecule has 0 spiro atoms. The molecule has 0 radical (unpaired) electrons. The summed E-state index contributed by atoms with van der Waals surface area (Å²) in [5.41, 5.74) is 0.842. The summed E-state index contributed by atoms with van der Waals surface area (Å²) < 4.78 is 16.5.